The first kappa shape index (κ1) is 31.7. The van der Waals surface area contributed by atoms with E-state index in [2.05, 4.69) is 118 Å². The van der Waals surface area contributed by atoms with Crippen molar-refractivity contribution >= 4 is 72.0 Å². The molecular weight excluding hydrogens is 689 g/mol. The van der Waals surface area contributed by atoms with Crippen LogP contribution in [0.25, 0.3) is 88.7 Å². The number of para-hydroxylation sites is 1. The molecular formula is C49H30N6O. The van der Waals surface area contributed by atoms with Gasteiger partial charge in [-0.3, -0.25) is 9.97 Å². The summed E-state index contributed by atoms with van der Waals surface area (Å²) >= 11 is 0. The summed E-state index contributed by atoms with van der Waals surface area (Å²) in [6.45, 7) is 0. The molecule has 0 unspecified atom stereocenters. The highest BCUT2D eigenvalue weighted by atomic mass is 16.3. The molecule has 0 amide bonds. The number of aromatic nitrogens is 5. The van der Waals surface area contributed by atoms with Gasteiger partial charge in [0.05, 0.1) is 39.1 Å². The number of nitrogens with zero attached hydrogens (tertiary/aromatic N) is 6. The van der Waals surface area contributed by atoms with E-state index in [-0.39, 0.29) is 0 Å². The Balaban J connectivity index is 0.969. The lowest BCUT2D eigenvalue weighted by Crippen LogP contribution is -2.10. The van der Waals surface area contributed by atoms with Crippen LogP contribution in [0.2, 0.25) is 0 Å². The fourth-order valence-corrected chi connectivity index (χ4v) is 7.54. The Morgan fingerprint density at radius 2 is 0.929 bits per heavy atom. The van der Waals surface area contributed by atoms with Gasteiger partial charge in [-0.05, 0) is 120 Å². The summed E-state index contributed by atoms with van der Waals surface area (Å²) in [4.78, 5) is 25.8. The van der Waals surface area contributed by atoms with E-state index in [1.54, 1.807) is 12.4 Å². The second-order valence-corrected chi connectivity index (χ2v) is 13.8. The average molecular weight is 719 g/mol. The molecule has 0 saturated carbocycles. The number of hydrogen-bond donors (Lipinski definition) is 0. The predicted molar refractivity (Wildman–Crippen MR) is 226 cm³/mol. The molecule has 0 atom stereocenters. The molecule has 0 aliphatic heterocycles. The largest absolute Gasteiger partial charge is 0.438 e. The summed E-state index contributed by atoms with van der Waals surface area (Å²) < 4.78 is 6.10. The zero-order valence-electron chi connectivity index (χ0n) is 29.9. The van der Waals surface area contributed by atoms with E-state index in [9.17, 15) is 0 Å². The van der Waals surface area contributed by atoms with Gasteiger partial charge in [0.15, 0.2) is 0 Å². The van der Waals surface area contributed by atoms with Crippen LogP contribution >= 0.6 is 0 Å². The van der Waals surface area contributed by atoms with E-state index in [0.29, 0.717) is 5.71 Å². The molecule has 6 heterocycles. The summed E-state index contributed by atoms with van der Waals surface area (Å²) in [7, 11) is 0. The van der Waals surface area contributed by atoms with Crippen LogP contribution in [-0.2, 0) is 0 Å². The summed E-state index contributed by atoms with van der Waals surface area (Å²) in [6.07, 6.45) is 3.59. The van der Waals surface area contributed by atoms with Crippen molar-refractivity contribution in [3.63, 3.8) is 0 Å². The van der Waals surface area contributed by atoms with E-state index in [1.165, 1.54) is 0 Å². The van der Waals surface area contributed by atoms with Gasteiger partial charge >= 0.3 is 0 Å². The van der Waals surface area contributed by atoms with E-state index in [1.807, 2.05) is 66.7 Å². The maximum Gasteiger partial charge on any atom is 0.227 e. The Bertz CT molecular complexity index is 3140. The molecule has 0 spiro atoms. The molecule has 7 nitrogen and oxygen atoms in total. The molecule has 11 aromatic rings. The topological polar surface area (TPSA) is 80.8 Å². The first-order chi connectivity index (χ1) is 27.7. The third kappa shape index (κ3) is 5.58. The lowest BCUT2D eigenvalue weighted by Gasteiger charge is -2.26. The second kappa shape index (κ2) is 13.0. The van der Waals surface area contributed by atoms with Gasteiger partial charge in [-0.25, -0.2) is 15.0 Å². The number of pyridine rings is 5. The Kier molecular flexibility index (Phi) is 7.35. The zero-order chi connectivity index (χ0) is 37.0. The number of furan rings is 1. The highest BCUT2D eigenvalue weighted by Crippen LogP contribution is 2.39. The maximum atomic E-state index is 6.10. The molecule has 262 valence electrons. The lowest BCUT2D eigenvalue weighted by atomic mass is 10.0. The van der Waals surface area contributed by atoms with Crippen LogP contribution in [0.3, 0.4) is 0 Å². The summed E-state index contributed by atoms with van der Waals surface area (Å²) in [5.74, 6) is 0. The molecule has 6 aromatic heterocycles. The second-order valence-electron chi connectivity index (χ2n) is 13.8. The molecule has 0 N–H and O–H groups in total. The van der Waals surface area contributed by atoms with Crippen LogP contribution in [0.5, 0.6) is 0 Å². The number of benzene rings is 5. The van der Waals surface area contributed by atoms with E-state index in [4.69, 9.17) is 19.4 Å². The number of rotatable bonds is 6. The van der Waals surface area contributed by atoms with Crippen molar-refractivity contribution in [2.75, 3.05) is 4.90 Å². The highest BCUT2D eigenvalue weighted by Gasteiger charge is 2.16. The van der Waals surface area contributed by atoms with Gasteiger partial charge in [0.1, 0.15) is 5.58 Å². The quantitative estimate of drug-likeness (QED) is 0.169. The average Bonchev–Trinajstić information content (AvgIpc) is 3.64. The van der Waals surface area contributed by atoms with E-state index in [0.717, 1.165) is 100 Å². The third-order valence-corrected chi connectivity index (χ3v) is 10.4. The van der Waals surface area contributed by atoms with Gasteiger partial charge in [-0.15, -0.1) is 0 Å². The lowest BCUT2D eigenvalue weighted by molar-refractivity contribution is 0.654. The molecule has 0 radical (unpaired) electrons. The molecule has 7 heteroatoms. The highest BCUT2D eigenvalue weighted by molar-refractivity contribution is 6.04. The third-order valence-electron chi connectivity index (χ3n) is 10.4. The van der Waals surface area contributed by atoms with Gasteiger partial charge in [0.2, 0.25) is 5.71 Å². The van der Waals surface area contributed by atoms with Crippen molar-refractivity contribution in [3.8, 4) is 33.8 Å². The van der Waals surface area contributed by atoms with Crippen LogP contribution in [0, 0.1) is 0 Å². The maximum absolute atomic E-state index is 6.10. The molecule has 0 aliphatic carbocycles. The molecule has 0 bridgehead atoms. The van der Waals surface area contributed by atoms with Crippen molar-refractivity contribution in [2.24, 2.45) is 0 Å². The fraction of sp³-hybridized carbons (Fsp3) is 0. The van der Waals surface area contributed by atoms with Crippen LogP contribution in [0.15, 0.2) is 187 Å². The van der Waals surface area contributed by atoms with Gasteiger partial charge in [0, 0.05) is 56.9 Å². The number of anilines is 3. The standard InChI is InChI=1S/C49H30N6O/c1-2-8-48-39(5-1)40-21-22-43(54-49(40)56-48)35-10-9-34-30-38(20-15-33(34)29-35)55(36-16-11-31(12-17-36)41-23-25-44-46(52-41)6-3-27-50-44)37-18-13-32(14-19-37)42-24-26-45-47(53-42)7-4-28-51-45/h1-30H. The Hall–Kier alpha value is -7.77. The fourth-order valence-electron chi connectivity index (χ4n) is 7.54. The van der Waals surface area contributed by atoms with Crippen LogP contribution < -0.4 is 4.90 Å². The van der Waals surface area contributed by atoms with Crippen molar-refractivity contribution in [3.05, 3.63) is 182 Å². The van der Waals surface area contributed by atoms with Gasteiger partial charge in [0.25, 0.3) is 0 Å². The minimum absolute atomic E-state index is 0.647. The smallest absolute Gasteiger partial charge is 0.227 e. The predicted octanol–water partition coefficient (Wildman–Crippen LogP) is 12.5. The van der Waals surface area contributed by atoms with E-state index >= 15 is 0 Å². The van der Waals surface area contributed by atoms with Gasteiger partial charge < -0.3 is 9.32 Å². The number of hydrogen-bond acceptors (Lipinski definition) is 7. The molecule has 0 aliphatic rings. The van der Waals surface area contributed by atoms with Crippen LogP contribution in [0.4, 0.5) is 17.1 Å². The van der Waals surface area contributed by atoms with Crippen molar-refractivity contribution in [1.29, 1.82) is 0 Å². The Labute approximate surface area is 321 Å². The van der Waals surface area contributed by atoms with E-state index < -0.39 is 0 Å². The number of fused-ring (bicyclic) bond motifs is 6. The minimum Gasteiger partial charge on any atom is -0.438 e. The molecule has 56 heavy (non-hydrogen) atoms. The summed E-state index contributed by atoms with van der Waals surface area (Å²) in [6, 6.07) is 58.4. The molecule has 11 rings (SSSR count). The monoisotopic (exact) mass is 718 g/mol. The van der Waals surface area contributed by atoms with Crippen molar-refractivity contribution in [1.82, 2.24) is 24.9 Å². The van der Waals surface area contributed by atoms with Crippen molar-refractivity contribution < 1.29 is 4.42 Å². The first-order valence-electron chi connectivity index (χ1n) is 18.5. The Morgan fingerprint density at radius 1 is 0.375 bits per heavy atom. The van der Waals surface area contributed by atoms with Gasteiger partial charge in [-0.2, -0.15) is 0 Å². The molecule has 0 saturated heterocycles. The first-order valence-corrected chi connectivity index (χ1v) is 18.5. The Morgan fingerprint density at radius 3 is 1.61 bits per heavy atom. The molecule has 5 aromatic carbocycles. The zero-order valence-corrected chi connectivity index (χ0v) is 29.9. The van der Waals surface area contributed by atoms with Crippen molar-refractivity contribution in [2.45, 2.75) is 0 Å². The van der Waals surface area contributed by atoms with Crippen LogP contribution in [-0.4, -0.2) is 24.9 Å². The molecule has 0 fully saturated rings. The van der Waals surface area contributed by atoms with Crippen LogP contribution in [0.1, 0.15) is 0 Å². The van der Waals surface area contributed by atoms with Gasteiger partial charge in [-0.1, -0.05) is 60.7 Å². The summed E-state index contributed by atoms with van der Waals surface area (Å²) in [5, 5.41) is 4.34. The summed E-state index contributed by atoms with van der Waals surface area (Å²) in [5.41, 5.74) is 13.9. The normalized spacial score (nSPS) is 11.6. The minimum atomic E-state index is 0.647. The SMILES string of the molecule is c1cnc2ccc(-c3ccc(N(c4ccc(-c5ccc6ncccc6n5)cc4)c4ccc5cc(-c6ccc7c(n6)oc6ccccc67)ccc5c4)cc3)nc2c1.